The summed E-state index contributed by atoms with van der Waals surface area (Å²) >= 11 is 13.3. The van der Waals surface area contributed by atoms with Crippen molar-refractivity contribution in [3.05, 3.63) is 74.5 Å². The molecule has 0 saturated carbocycles. The van der Waals surface area contributed by atoms with E-state index >= 15 is 0 Å². The molecule has 4 nitrogen and oxygen atoms in total. The summed E-state index contributed by atoms with van der Waals surface area (Å²) in [7, 11) is 0. The molecule has 0 fully saturated rings. The summed E-state index contributed by atoms with van der Waals surface area (Å²) in [5, 5.41) is 4.41. The number of rotatable bonds is 4. The van der Waals surface area contributed by atoms with E-state index in [4.69, 9.17) is 23.2 Å². The molecule has 24 heavy (non-hydrogen) atoms. The average Bonchev–Trinajstić information content (AvgIpc) is 2.98. The van der Waals surface area contributed by atoms with Crippen LogP contribution in [0.4, 0.5) is 5.13 Å². The standard InChI is InChI=1S/C17H13Cl2N3OS/c1-10-2-3-11(7-14(10)18)6-13-9-21-17(24-13)22-16(23)12-4-5-15(19)20-8-12/h2-5,7-9H,6H2,1H3,(H,21,22,23). The minimum atomic E-state index is -0.265. The van der Waals surface area contributed by atoms with Gasteiger partial charge in [0.15, 0.2) is 5.13 Å². The second kappa shape index (κ2) is 7.30. The number of pyridine rings is 1. The normalized spacial score (nSPS) is 10.6. The summed E-state index contributed by atoms with van der Waals surface area (Å²) in [6.07, 6.45) is 3.91. The van der Waals surface area contributed by atoms with Crippen LogP contribution in [-0.2, 0) is 6.42 Å². The van der Waals surface area contributed by atoms with Crippen molar-refractivity contribution in [1.82, 2.24) is 9.97 Å². The molecule has 0 aliphatic heterocycles. The van der Waals surface area contributed by atoms with E-state index in [0.29, 0.717) is 15.8 Å². The van der Waals surface area contributed by atoms with Gasteiger partial charge in [0.25, 0.3) is 5.91 Å². The topological polar surface area (TPSA) is 54.9 Å². The maximum absolute atomic E-state index is 12.1. The molecule has 0 unspecified atom stereocenters. The van der Waals surface area contributed by atoms with E-state index in [1.807, 2.05) is 25.1 Å². The fraction of sp³-hybridized carbons (Fsp3) is 0.118. The van der Waals surface area contributed by atoms with Crippen molar-refractivity contribution >= 4 is 45.6 Å². The van der Waals surface area contributed by atoms with Gasteiger partial charge in [0.2, 0.25) is 0 Å². The van der Waals surface area contributed by atoms with E-state index in [-0.39, 0.29) is 5.91 Å². The highest BCUT2D eigenvalue weighted by Gasteiger charge is 2.10. The minimum Gasteiger partial charge on any atom is -0.298 e. The molecule has 0 bridgehead atoms. The first-order valence-electron chi connectivity index (χ1n) is 7.14. The third kappa shape index (κ3) is 4.12. The second-order valence-corrected chi connectivity index (χ2v) is 7.13. The fourth-order valence-electron chi connectivity index (χ4n) is 2.07. The summed E-state index contributed by atoms with van der Waals surface area (Å²) in [4.78, 5) is 21.3. The second-order valence-electron chi connectivity index (χ2n) is 5.22. The Hall–Kier alpha value is -1.95. The highest BCUT2D eigenvalue weighted by molar-refractivity contribution is 7.15. The van der Waals surface area contributed by atoms with E-state index < -0.39 is 0 Å². The van der Waals surface area contributed by atoms with E-state index in [0.717, 1.165) is 27.4 Å². The van der Waals surface area contributed by atoms with Crippen LogP contribution in [0.25, 0.3) is 0 Å². The lowest BCUT2D eigenvalue weighted by atomic mass is 10.1. The Bertz CT molecular complexity index is 878. The maximum atomic E-state index is 12.1. The molecule has 2 heterocycles. The highest BCUT2D eigenvalue weighted by atomic mass is 35.5. The predicted molar refractivity (Wildman–Crippen MR) is 98.3 cm³/mol. The van der Waals surface area contributed by atoms with Gasteiger partial charge in [0.1, 0.15) is 5.15 Å². The van der Waals surface area contributed by atoms with E-state index in [1.165, 1.54) is 17.5 Å². The van der Waals surface area contributed by atoms with Gasteiger partial charge in [-0.05, 0) is 36.2 Å². The highest BCUT2D eigenvalue weighted by Crippen LogP contribution is 2.24. The molecule has 3 aromatic rings. The molecule has 1 amide bonds. The summed E-state index contributed by atoms with van der Waals surface area (Å²) in [5.74, 6) is -0.265. The van der Waals surface area contributed by atoms with Gasteiger partial charge in [-0.15, -0.1) is 11.3 Å². The van der Waals surface area contributed by atoms with Crippen LogP contribution in [0.15, 0.2) is 42.7 Å². The number of aryl methyl sites for hydroxylation is 1. The lowest BCUT2D eigenvalue weighted by molar-refractivity contribution is 0.102. The average molecular weight is 378 g/mol. The molecular weight excluding hydrogens is 365 g/mol. The monoisotopic (exact) mass is 377 g/mol. The summed E-state index contributed by atoms with van der Waals surface area (Å²) in [6.45, 7) is 1.97. The number of carbonyl (C=O) groups excluding carboxylic acids is 1. The first-order valence-corrected chi connectivity index (χ1v) is 8.71. The van der Waals surface area contributed by atoms with Crippen LogP contribution >= 0.6 is 34.5 Å². The number of halogens is 2. The van der Waals surface area contributed by atoms with Crippen LogP contribution in [0.3, 0.4) is 0 Å². The number of amides is 1. The van der Waals surface area contributed by atoms with Crippen molar-refractivity contribution in [1.29, 1.82) is 0 Å². The molecule has 0 atom stereocenters. The first kappa shape index (κ1) is 16.9. The SMILES string of the molecule is Cc1ccc(Cc2cnc(NC(=O)c3ccc(Cl)nc3)s2)cc1Cl. The molecule has 0 aliphatic carbocycles. The molecule has 122 valence electrons. The molecule has 1 aromatic carbocycles. The van der Waals surface area contributed by atoms with Gasteiger partial charge in [-0.3, -0.25) is 10.1 Å². The van der Waals surface area contributed by atoms with Crippen molar-refractivity contribution in [2.24, 2.45) is 0 Å². The molecule has 3 rings (SSSR count). The Kier molecular flexibility index (Phi) is 5.14. The lowest BCUT2D eigenvalue weighted by Crippen LogP contribution is -2.11. The number of nitrogens with one attached hydrogen (secondary N) is 1. The zero-order valence-electron chi connectivity index (χ0n) is 12.7. The Morgan fingerprint density at radius 2 is 2.00 bits per heavy atom. The molecule has 2 aromatic heterocycles. The molecule has 7 heteroatoms. The smallest absolute Gasteiger partial charge is 0.259 e. The van der Waals surface area contributed by atoms with Crippen molar-refractivity contribution in [2.45, 2.75) is 13.3 Å². The minimum absolute atomic E-state index is 0.265. The van der Waals surface area contributed by atoms with Gasteiger partial charge >= 0.3 is 0 Å². The molecule has 0 saturated heterocycles. The molecule has 0 spiro atoms. The third-order valence-corrected chi connectivity index (χ3v) is 4.92. The first-order chi connectivity index (χ1) is 11.5. The number of benzene rings is 1. The van der Waals surface area contributed by atoms with Crippen molar-refractivity contribution in [3.63, 3.8) is 0 Å². The van der Waals surface area contributed by atoms with Gasteiger partial charge in [-0.25, -0.2) is 9.97 Å². The lowest BCUT2D eigenvalue weighted by Gasteiger charge is -2.02. The van der Waals surface area contributed by atoms with Gasteiger partial charge in [-0.1, -0.05) is 35.3 Å². The van der Waals surface area contributed by atoms with Crippen LogP contribution in [-0.4, -0.2) is 15.9 Å². The number of anilines is 1. The molecular formula is C17H13Cl2N3OS. The Morgan fingerprint density at radius 1 is 1.17 bits per heavy atom. The quantitative estimate of drug-likeness (QED) is 0.651. The zero-order chi connectivity index (χ0) is 17.1. The number of thiazole rings is 1. The molecule has 0 aliphatic rings. The van der Waals surface area contributed by atoms with Crippen molar-refractivity contribution in [3.8, 4) is 0 Å². The van der Waals surface area contributed by atoms with Gasteiger partial charge in [0.05, 0.1) is 5.56 Å². The summed E-state index contributed by atoms with van der Waals surface area (Å²) in [6, 6.07) is 9.18. The van der Waals surface area contributed by atoms with E-state index in [9.17, 15) is 4.79 Å². The van der Waals surface area contributed by atoms with Gasteiger partial charge < -0.3 is 0 Å². The Labute approximate surface area is 153 Å². The number of hydrogen-bond donors (Lipinski definition) is 1. The number of aromatic nitrogens is 2. The van der Waals surface area contributed by atoms with Crippen LogP contribution < -0.4 is 5.32 Å². The van der Waals surface area contributed by atoms with Crippen LogP contribution in [0.5, 0.6) is 0 Å². The van der Waals surface area contributed by atoms with Gasteiger partial charge in [0, 0.05) is 28.7 Å². The molecule has 1 N–H and O–H groups in total. The third-order valence-electron chi connectivity index (χ3n) is 3.38. The largest absolute Gasteiger partial charge is 0.298 e. The maximum Gasteiger partial charge on any atom is 0.259 e. The fourth-order valence-corrected chi connectivity index (χ4v) is 3.23. The predicted octanol–water partition coefficient (Wildman–Crippen LogP) is 5.00. The van der Waals surface area contributed by atoms with Crippen molar-refractivity contribution < 1.29 is 4.79 Å². The molecule has 0 radical (unpaired) electrons. The summed E-state index contributed by atoms with van der Waals surface area (Å²) < 4.78 is 0. The Balaban J connectivity index is 1.67. The summed E-state index contributed by atoms with van der Waals surface area (Å²) in [5.41, 5.74) is 2.59. The number of nitrogens with zero attached hydrogens (tertiary/aromatic N) is 2. The van der Waals surface area contributed by atoms with Gasteiger partial charge in [-0.2, -0.15) is 0 Å². The van der Waals surface area contributed by atoms with Crippen molar-refractivity contribution in [2.75, 3.05) is 5.32 Å². The van der Waals surface area contributed by atoms with Crippen LogP contribution in [0, 0.1) is 6.92 Å². The van der Waals surface area contributed by atoms with E-state index in [2.05, 4.69) is 15.3 Å². The Morgan fingerprint density at radius 3 is 2.71 bits per heavy atom. The van der Waals surface area contributed by atoms with Crippen LogP contribution in [0.1, 0.15) is 26.4 Å². The van der Waals surface area contributed by atoms with Crippen LogP contribution in [0.2, 0.25) is 10.2 Å². The number of hydrogen-bond acceptors (Lipinski definition) is 4. The number of carbonyl (C=O) groups is 1. The van der Waals surface area contributed by atoms with E-state index in [1.54, 1.807) is 18.3 Å². The zero-order valence-corrected chi connectivity index (χ0v) is 15.0.